The van der Waals surface area contributed by atoms with E-state index in [1.54, 1.807) is 9.13 Å². The molecule has 1 aliphatic rings. The van der Waals surface area contributed by atoms with Crippen LogP contribution in [0.15, 0.2) is 21.6 Å². The molecule has 0 saturated heterocycles. The summed E-state index contributed by atoms with van der Waals surface area (Å²) in [6, 6.07) is 1.63. The van der Waals surface area contributed by atoms with E-state index in [-0.39, 0.29) is 23.8 Å². The fourth-order valence-corrected chi connectivity index (χ4v) is 3.98. The Kier molecular flexibility index (Phi) is 4.33. The highest BCUT2D eigenvalue weighted by Gasteiger charge is 2.25. The lowest BCUT2D eigenvalue weighted by Crippen LogP contribution is -2.29. The van der Waals surface area contributed by atoms with Crippen molar-refractivity contribution in [3.63, 3.8) is 0 Å². The van der Waals surface area contributed by atoms with Crippen LogP contribution in [0, 0.1) is 13.8 Å². The van der Waals surface area contributed by atoms with Gasteiger partial charge in [-0.15, -0.1) is 0 Å². The number of aromatic nitrogens is 4. The van der Waals surface area contributed by atoms with E-state index in [1.165, 1.54) is 18.7 Å². The Morgan fingerprint density at radius 2 is 2.04 bits per heavy atom. The SMILES string of the molecule is Cc1noc(C)c1Cn1c(=O)n(C2CCCCC2)c2ncc(C(=O)O)cc21. The van der Waals surface area contributed by atoms with Crippen LogP contribution in [0.2, 0.25) is 0 Å². The second-order valence-electron chi connectivity index (χ2n) is 7.21. The van der Waals surface area contributed by atoms with Crippen molar-refractivity contribution in [1.29, 1.82) is 0 Å². The van der Waals surface area contributed by atoms with Gasteiger partial charge in [-0.3, -0.25) is 9.13 Å². The van der Waals surface area contributed by atoms with Gasteiger partial charge in [-0.25, -0.2) is 14.6 Å². The summed E-state index contributed by atoms with van der Waals surface area (Å²) in [7, 11) is 0. The molecule has 0 aromatic carbocycles. The first kappa shape index (κ1) is 17.5. The molecule has 3 heterocycles. The van der Waals surface area contributed by atoms with E-state index in [1.807, 2.05) is 13.8 Å². The van der Waals surface area contributed by atoms with Crippen molar-refractivity contribution in [1.82, 2.24) is 19.3 Å². The van der Waals surface area contributed by atoms with Gasteiger partial charge in [-0.1, -0.05) is 24.4 Å². The van der Waals surface area contributed by atoms with Crippen molar-refractivity contribution in [3.05, 3.63) is 45.3 Å². The average Bonchev–Trinajstić information content (AvgIpc) is 3.13. The van der Waals surface area contributed by atoms with Crippen molar-refractivity contribution in [2.75, 3.05) is 0 Å². The second kappa shape index (κ2) is 6.68. The van der Waals surface area contributed by atoms with E-state index in [2.05, 4.69) is 10.1 Å². The molecular weight excluding hydrogens is 348 g/mol. The molecule has 0 radical (unpaired) electrons. The van der Waals surface area contributed by atoms with Gasteiger partial charge in [0.25, 0.3) is 0 Å². The van der Waals surface area contributed by atoms with E-state index >= 15 is 0 Å². The number of nitrogens with zero attached hydrogens (tertiary/aromatic N) is 4. The first-order valence-corrected chi connectivity index (χ1v) is 9.23. The van der Waals surface area contributed by atoms with Crippen LogP contribution < -0.4 is 5.69 Å². The highest BCUT2D eigenvalue weighted by Crippen LogP contribution is 2.30. The van der Waals surface area contributed by atoms with Gasteiger partial charge in [-0.2, -0.15) is 0 Å². The largest absolute Gasteiger partial charge is 0.478 e. The predicted molar refractivity (Wildman–Crippen MR) is 98.2 cm³/mol. The third-order valence-corrected chi connectivity index (χ3v) is 5.49. The number of fused-ring (bicyclic) bond motifs is 1. The van der Waals surface area contributed by atoms with Crippen molar-refractivity contribution in [2.24, 2.45) is 0 Å². The summed E-state index contributed by atoms with van der Waals surface area (Å²) in [5, 5.41) is 13.3. The number of imidazole rings is 1. The number of carbonyl (C=O) groups is 1. The number of aromatic carboxylic acids is 1. The van der Waals surface area contributed by atoms with Crippen molar-refractivity contribution < 1.29 is 14.4 Å². The summed E-state index contributed by atoms with van der Waals surface area (Å²) >= 11 is 0. The number of carboxylic acid groups (broad SMARTS) is 1. The number of aryl methyl sites for hydroxylation is 2. The fourth-order valence-electron chi connectivity index (χ4n) is 3.98. The Bertz CT molecular complexity index is 1050. The molecule has 1 aliphatic carbocycles. The van der Waals surface area contributed by atoms with E-state index < -0.39 is 5.97 Å². The lowest BCUT2D eigenvalue weighted by molar-refractivity contribution is 0.0696. The second-order valence-corrected chi connectivity index (χ2v) is 7.21. The maximum absolute atomic E-state index is 13.3. The third-order valence-electron chi connectivity index (χ3n) is 5.49. The highest BCUT2D eigenvalue weighted by atomic mass is 16.5. The molecule has 142 valence electrons. The van der Waals surface area contributed by atoms with E-state index in [9.17, 15) is 14.7 Å². The van der Waals surface area contributed by atoms with Crippen LogP contribution in [-0.2, 0) is 6.54 Å². The van der Waals surface area contributed by atoms with Crippen LogP contribution in [-0.4, -0.2) is 30.4 Å². The third kappa shape index (κ3) is 2.94. The number of hydrogen-bond donors (Lipinski definition) is 1. The molecule has 27 heavy (non-hydrogen) atoms. The molecule has 8 nitrogen and oxygen atoms in total. The highest BCUT2D eigenvalue weighted by molar-refractivity contribution is 5.91. The van der Waals surface area contributed by atoms with Gasteiger partial charge in [0.1, 0.15) is 5.76 Å². The molecular formula is C19H22N4O4. The Morgan fingerprint density at radius 1 is 1.30 bits per heavy atom. The van der Waals surface area contributed by atoms with Crippen molar-refractivity contribution in [3.8, 4) is 0 Å². The van der Waals surface area contributed by atoms with Gasteiger partial charge in [0.15, 0.2) is 5.65 Å². The summed E-state index contributed by atoms with van der Waals surface area (Å²) < 4.78 is 8.56. The summed E-state index contributed by atoms with van der Waals surface area (Å²) in [4.78, 5) is 29.1. The molecule has 0 bridgehead atoms. The molecule has 4 rings (SSSR count). The minimum Gasteiger partial charge on any atom is -0.478 e. The smallest absolute Gasteiger partial charge is 0.337 e. The average molecular weight is 370 g/mol. The van der Waals surface area contributed by atoms with Gasteiger partial charge in [0.05, 0.1) is 23.3 Å². The van der Waals surface area contributed by atoms with Crippen LogP contribution >= 0.6 is 0 Å². The van der Waals surface area contributed by atoms with Gasteiger partial charge in [0, 0.05) is 17.8 Å². The molecule has 0 amide bonds. The Hall–Kier alpha value is -2.90. The zero-order valence-corrected chi connectivity index (χ0v) is 15.4. The Labute approximate surface area is 155 Å². The lowest BCUT2D eigenvalue weighted by Gasteiger charge is -2.22. The molecule has 8 heteroatoms. The molecule has 3 aromatic rings. The van der Waals surface area contributed by atoms with Gasteiger partial charge >= 0.3 is 11.7 Å². The molecule has 0 spiro atoms. The predicted octanol–water partition coefficient (Wildman–Crippen LogP) is 3.05. The maximum Gasteiger partial charge on any atom is 0.337 e. The van der Waals surface area contributed by atoms with Crippen LogP contribution in [0.5, 0.6) is 0 Å². The fraction of sp³-hybridized carbons (Fsp3) is 0.474. The van der Waals surface area contributed by atoms with Gasteiger partial charge in [-0.05, 0) is 32.8 Å². The molecule has 0 atom stereocenters. The summed E-state index contributed by atoms with van der Waals surface area (Å²) in [5.74, 6) is -0.411. The summed E-state index contributed by atoms with van der Waals surface area (Å²) in [5.41, 5.74) is 2.54. The molecule has 1 saturated carbocycles. The molecule has 1 N–H and O–H groups in total. The lowest BCUT2D eigenvalue weighted by atomic mass is 9.95. The zero-order valence-electron chi connectivity index (χ0n) is 15.4. The molecule has 0 unspecified atom stereocenters. The van der Waals surface area contributed by atoms with Crippen LogP contribution in [0.25, 0.3) is 11.2 Å². The standard InChI is InChI=1S/C19H22N4O4/c1-11-15(12(2)27-21-11)10-22-16-8-13(18(24)25)9-20-17(16)23(19(22)26)14-6-4-3-5-7-14/h8-9,14H,3-7,10H2,1-2H3,(H,24,25). The van der Waals surface area contributed by atoms with E-state index in [4.69, 9.17) is 4.52 Å². The van der Waals surface area contributed by atoms with Gasteiger partial charge < -0.3 is 9.63 Å². The van der Waals surface area contributed by atoms with E-state index in [0.29, 0.717) is 16.9 Å². The number of pyridine rings is 1. The van der Waals surface area contributed by atoms with Crippen molar-refractivity contribution >= 4 is 17.1 Å². The van der Waals surface area contributed by atoms with Crippen LogP contribution in [0.3, 0.4) is 0 Å². The molecule has 3 aromatic heterocycles. The number of rotatable bonds is 4. The van der Waals surface area contributed by atoms with Crippen molar-refractivity contribution in [2.45, 2.75) is 58.5 Å². The molecule has 0 aliphatic heterocycles. The Balaban J connectivity index is 1.92. The first-order chi connectivity index (χ1) is 13.0. The summed E-state index contributed by atoms with van der Waals surface area (Å²) in [6.07, 6.45) is 6.55. The number of hydrogen-bond acceptors (Lipinski definition) is 5. The topological polar surface area (TPSA) is 103 Å². The van der Waals surface area contributed by atoms with Crippen LogP contribution in [0.4, 0.5) is 0 Å². The van der Waals surface area contributed by atoms with E-state index in [0.717, 1.165) is 36.9 Å². The Morgan fingerprint density at radius 3 is 2.67 bits per heavy atom. The van der Waals surface area contributed by atoms with Crippen LogP contribution in [0.1, 0.15) is 65.5 Å². The molecule has 1 fully saturated rings. The van der Waals surface area contributed by atoms with Gasteiger partial charge in [0.2, 0.25) is 0 Å². The minimum absolute atomic E-state index is 0.0656. The summed E-state index contributed by atoms with van der Waals surface area (Å²) in [6.45, 7) is 3.92. The zero-order chi connectivity index (χ0) is 19.1. The monoisotopic (exact) mass is 370 g/mol. The first-order valence-electron chi connectivity index (χ1n) is 9.23. The normalized spacial score (nSPS) is 15.5. The number of carboxylic acids is 1. The quantitative estimate of drug-likeness (QED) is 0.757. The maximum atomic E-state index is 13.3. The minimum atomic E-state index is -1.06.